The van der Waals surface area contributed by atoms with E-state index in [1.807, 2.05) is 0 Å². The third kappa shape index (κ3) is 2.74. The second-order valence-corrected chi connectivity index (χ2v) is 12.8. The van der Waals surface area contributed by atoms with Gasteiger partial charge < -0.3 is 19.7 Å². The number of allylic oxidation sites excluding steroid dienone is 1. The highest BCUT2D eigenvalue weighted by Gasteiger charge is 2.68. The molecular weight excluding hydrogens is 388 g/mol. The van der Waals surface area contributed by atoms with Crippen LogP contribution in [0.1, 0.15) is 79.1 Å². The smallest absolute Gasteiger partial charge is 0.171 e. The maximum Gasteiger partial charge on any atom is 0.171 e. The fourth-order valence-corrected chi connectivity index (χ4v) is 9.71. The number of aliphatic hydroxyl groups is 2. The van der Waals surface area contributed by atoms with Gasteiger partial charge in [-0.3, -0.25) is 0 Å². The van der Waals surface area contributed by atoms with Crippen LogP contribution in [0.4, 0.5) is 0 Å². The van der Waals surface area contributed by atoms with Crippen LogP contribution in [0.25, 0.3) is 0 Å². The molecule has 0 aromatic heterocycles. The highest BCUT2D eigenvalue weighted by Crippen LogP contribution is 2.70. The van der Waals surface area contributed by atoms with Crippen LogP contribution in [0.2, 0.25) is 0 Å². The molecule has 2 N–H and O–H groups in total. The summed E-state index contributed by atoms with van der Waals surface area (Å²) in [6, 6.07) is 0. The molecule has 174 valence electrons. The van der Waals surface area contributed by atoms with Gasteiger partial charge in [-0.2, -0.15) is 0 Å². The first-order valence-corrected chi connectivity index (χ1v) is 13.1. The lowest BCUT2D eigenvalue weighted by atomic mass is 9.46. The van der Waals surface area contributed by atoms with Crippen LogP contribution in [0.5, 0.6) is 0 Å². The molecule has 4 aliphatic carbocycles. The van der Waals surface area contributed by atoms with Crippen molar-refractivity contribution in [3.05, 3.63) is 11.6 Å². The molecule has 4 heteroatoms. The van der Waals surface area contributed by atoms with E-state index in [0.29, 0.717) is 53.4 Å². The Kier molecular flexibility index (Phi) is 4.64. The lowest BCUT2D eigenvalue weighted by Gasteiger charge is -2.59. The Labute approximate surface area is 187 Å². The zero-order chi connectivity index (χ0) is 21.8. The molecule has 4 nitrogen and oxygen atoms in total. The third-order valence-electron chi connectivity index (χ3n) is 11.4. The van der Waals surface area contributed by atoms with Gasteiger partial charge in [0.1, 0.15) is 0 Å². The Morgan fingerprint density at radius 2 is 1.84 bits per heavy atom. The SMILES string of the molecule is C[C@@H]1CC[C@@]2(OC1)O[C@H]1C[C@H]3[C@@H]4CC=C5C[C@@H](O)C(O)C[C@]5(C)[C@H]4CC[C@]3(C)[C@H]1[C@@H]2C. The van der Waals surface area contributed by atoms with E-state index in [-0.39, 0.29) is 11.2 Å². The summed E-state index contributed by atoms with van der Waals surface area (Å²) in [4.78, 5) is 0. The van der Waals surface area contributed by atoms with E-state index in [9.17, 15) is 10.2 Å². The second-order valence-electron chi connectivity index (χ2n) is 12.8. The van der Waals surface area contributed by atoms with E-state index < -0.39 is 12.2 Å². The average Bonchev–Trinajstić information content (AvgIpc) is 3.16. The van der Waals surface area contributed by atoms with Crippen LogP contribution in [-0.2, 0) is 9.47 Å². The first-order chi connectivity index (χ1) is 14.7. The summed E-state index contributed by atoms with van der Waals surface area (Å²) in [5.41, 5.74) is 1.80. The molecule has 1 unspecified atom stereocenters. The summed E-state index contributed by atoms with van der Waals surface area (Å²) in [6.45, 7) is 10.5. The summed E-state index contributed by atoms with van der Waals surface area (Å²) in [6.07, 6.45) is 10.1. The molecule has 0 aromatic rings. The van der Waals surface area contributed by atoms with Crippen LogP contribution >= 0.6 is 0 Å². The van der Waals surface area contributed by atoms with Crippen LogP contribution < -0.4 is 0 Å². The summed E-state index contributed by atoms with van der Waals surface area (Å²) in [7, 11) is 0. The van der Waals surface area contributed by atoms with Gasteiger partial charge >= 0.3 is 0 Å². The number of fused-ring (bicyclic) bond motifs is 7. The lowest BCUT2D eigenvalue weighted by Crippen LogP contribution is -2.54. The fraction of sp³-hybridized carbons (Fsp3) is 0.926. The van der Waals surface area contributed by atoms with Gasteiger partial charge in [-0.1, -0.05) is 39.3 Å². The van der Waals surface area contributed by atoms with Crippen molar-refractivity contribution in [2.75, 3.05) is 6.61 Å². The highest BCUT2D eigenvalue weighted by molar-refractivity contribution is 5.27. The molecule has 2 saturated heterocycles. The van der Waals surface area contributed by atoms with E-state index in [1.165, 1.54) is 31.3 Å². The number of aliphatic hydroxyl groups excluding tert-OH is 2. The summed E-state index contributed by atoms with van der Waals surface area (Å²) in [5.74, 6) is 3.39. The summed E-state index contributed by atoms with van der Waals surface area (Å²) in [5, 5.41) is 20.8. The molecule has 6 rings (SSSR count). The molecule has 12 atom stereocenters. The van der Waals surface area contributed by atoms with Gasteiger partial charge in [0.25, 0.3) is 0 Å². The molecule has 0 radical (unpaired) electrons. The Bertz CT molecular complexity index is 769. The molecule has 0 bridgehead atoms. The second kappa shape index (κ2) is 6.81. The number of hydrogen-bond donors (Lipinski definition) is 2. The van der Waals surface area contributed by atoms with Crippen LogP contribution in [0, 0.1) is 46.3 Å². The fourth-order valence-electron chi connectivity index (χ4n) is 9.71. The normalized spacial score (nSPS) is 60.7. The van der Waals surface area contributed by atoms with Gasteiger partial charge in [-0.05, 0) is 85.4 Å². The van der Waals surface area contributed by atoms with Gasteiger partial charge in [0, 0.05) is 12.3 Å². The van der Waals surface area contributed by atoms with E-state index in [4.69, 9.17) is 9.47 Å². The van der Waals surface area contributed by atoms with Crippen molar-refractivity contribution < 1.29 is 19.7 Å². The van der Waals surface area contributed by atoms with Crippen molar-refractivity contribution in [2.24, 2.45) is 46.3 Å². The van der Waals surface area contributed by atoms with Gasteiger partial charge in [-0.25, -0.2) is 0 Å². The molecule has 0 aromatic carbocycles. The summed E-state index contributed by atoms with van der Waals surface area (Å²) < 4.78 is 13.3. The zero-order valence-electron chi connectivity index (χ0n) is 19.8. The molecule has 31 heavy (non-hydrogen) atoms. The molecule has 6 aliphatic rings. The van der Waals surface area contributed by atoms with Gasteiger partial charge in [-0.15, -0.1) is 0 Å². The Morgan fingerprint density at radius 3 is 2.58 bits per heavy atom. The largest absolute Gasteiger partial charge is 0.390 e. The topological polar surface area (TPSA) is 58.9 Å². The molecule has 2 aliphatic heterocycles. The van der Waals surface area contributed by atoms with Crippen LogP contribution in [-0.4, -0.2) is 40.9 Å². The quantitative estimate of drug-likeness (QED) is 0.548. The monoisotopic (exact) mass is 430 g/mol. The lowest BCUT2D eigenvalue weighted by molar-refractivity contribution is -0.272. The van der Waals surface area contributed by atoms with Crippen LogP contribution in [0.15, 0.2) is 11.6 Å². The van der Waals surface area contributed by atoms with Crippen molar-refractivity contribution >= 4 is 0 Å². The van der Waals surface area contributed by atoms with Crippen molar-refractivity contribution in [3.63, 3.8) is 0 Å². The van der Waals surface area contributed by atoms with E-state index >= 15 is 0 Å². The predicted octanol–water partition coefficient (Wildman–Crippen LogP) is 4.68. The minimum Gasteiger partial charge on any atom is -0.390 e. The number of ether oxygens (including phenoxy) is 2. The van der Waals surface area contributed by atoms with Gasteiger partial charge in [0.15, 0.2) is 5.79 Å². The molecule has 1 spiro atoms. The maximum absolute atomic E-state index is 10.5. The molecule has 2 heterocycles. The minimum atomic E-state index is -0.584. The zero-order valence-corrected chi connectivity index (χ0v) is 19.8. The van der Waals surface area contributed by atoms with Crippen molar-refractivity contribution in [3.8, 4) is 0 Å². The first kappa shape index (κ1) is 21.1. The molecule has 3 saturated carbocycles. The number of hydrogen-bond acceptors (Lipinski definition) is 4. The van der Waals surface area contributed by atoms with Gasteiger partial charge in [0.05, 0.1) is 24.9 Å². The van der Waals surface area contributed by atoms with Crippen molar-refractivity contribution in [1.29, 1.82) is 0 Å². The predicted molar refractivity (Wildman–Crippen MR) is 119 cm³/mol. The van der Waals surface area contributed by atoms with E-state index in [2.05, 4.69) is 33.8 Å². The maximum atomic E-state index is 10.5. The first-order valence-electron chi connectivity index (χ1n) is 13.1. The molecular formula is C27H42O4. The van der Waals surface area contributed by atoms with E-state index in [0.717, 1.165) is 25.9 Å². The van der Waals surface area contributed by atoms with Crippen LogP contribution in [0.3, 0.4) is 0 Å². The number of rotatable bonds is 0. The van der Waals surface area contributed by atoms with Gasteiger partial charge in [0.2, 0.25) is 0 Å². The Morgan fingerprint density at radius 1 is 1.03 bits per heavy atom. The molecule has 5 fully saturated rings. The third-order valence-corrected chi connectivity index (χ3v) is 11.4. The highest BCUT2D eigenvalue weighted by atomic mass is 16.7. The Balaban J connectivity index is 1.28. The standard InChI is InChI=1S/C27H42O4/c1-15-7-10-27(30-14-15)16(2)24-23(31-27)12-20-18-6-5-17-11-21(28)22(29)13-26(17,4)19(18)8-9-25(20,24)3/h5,15-16,18-24,28-29H,6-14H2,1-4H3/t15-,16+,18-,19+,20+,21-,22?,23+,24+,25+,26+,27-/m1/s1. The van der Waals surface area contributed by atoms with Crippen molar-refractivity contribution in [1.82, 2.24) is 0 Å². The summed E-state index contributed by atoms with van der Waals surface area (Å²) >= 11 is 0. The minimum absolute atomic E-state index is 0.0525. The van der Waals surface area contributed by atoms with E-state index in [1.54, 1.807) is 0 Å². The average molecular weight is 431 g/mol. The van der Waals surface area contributed by atoms with Crippen molar-refractivity contribution in [2.45, 2.75) is 103 Å². The Hall–Kier alpha value is -0.420. The molecule has 0 amide bonds.